The number of aromatic nitrogens is 1. The number of carbonyl (C=O) groups is 2. The zero-order valence-electron chi connectivity index (χ0n) is 14.8. The maximum absolute atomic E-state index is 12.5. The number of ether oxygens (including phenoxy) is 1. The Kier molecular flexibility index (Phi) is 5.53. The van der Waals surface area contributed by atoms with Crippen LogP contribution in [0.15, 0.2) is 42.6 Å². The molecule has 0 spiro atoms. The quantitative estimate of drug-likeness (QED) is 0.864. The predicted octanol–water partition coefficient (Wildman–Crippen LogP) is 3.23. The van der Waals surface area contributed by atoms with Crippen molar-refractivity contribution in [1.29, 1.82) is 0 Å². The molecule has 6 nitrogen and oxygen atoms in total. The molecule has 0 saturated carbocycles. The van der Waals surface area contributed by atoms with Gasteiger partial charge >= 0.3 is 6.18 Å². The van der Waals surface area contributed by atoms with Crippen LogP contribution in [-0.2, 0) is 11.0 Å². The van der Waals surface area contributed by atoms with Gasteiger partial charge in [-0.1, -0.05) is 0 Å². The molecule has 1 aromatic heterocycles. The van der Waals surface area contributed by atoms with Gasteiger partial charge in [0.1, 0.15) is 5.75 Å². The number of benzene rings is 1. The summed E-state index contributed by atoms with van der Waals surface area (Å²) in [6, 6.07) is 8.25. The van der Waals surface area contributed by atoms with Crippen molar-refractivity contribution < 1.29 is 27.5 Å². The van der Waals surface area contributed by atoms with E-state index in [1.165, 1.54) is 0 Å². The van der Waals surface area contributed by atoms with Crippen LogP contribution in [0.3, 0.4) is 0 Å². The smallest absolute Gasteiger partial charge is 0.417 e. The average Bonchev–Trinajstić information content (AvgIpc) is 2.68. The summed E-state index contributed by atoms with van der Waals surface area (Å²) in [6.45, 7) is 0.917. The zero-order chi connectivity index (χ0) is 20.3. The second-order valence-electron chi connectivity index (χ2n) is 6.48. The van der Waals surface area contributed by atoms with E-state index >= 15 is 0 Å². The number of halogens is 3. The molecule has 0 atom stereocenters. The van der Waals surface area contributed by atoms with Crippen molar-refractivity contribution >= 4 is 11.8 Å². The van der Waals surface area contributed by atoms with E-state index in [1.54, 1.807) is 29.2 Å². The largest absolute Gasteiger partial charge is 0.439 e. The molecule has 3 rings (SSSR count). The van der Waals surface area contributed by atoms with Gasteiger partial charge in [0.25, 0.3) is 5.91 Å². The van der Waals surface area contributed by atoms with Crippen molar-refractivity contribution in [2.75, 3.05) is 13.1 Å². The van der Waals surface area contributed by atoms with Gasteiger partial charge in [0.2, 0.25) is 11.8 Å². The van der Waals surface area contributed by atoms with Crippen molar-refractivity contribution in [3.63, 3.8) is 0 Å². The second kappa shape index (κ2) is 7.87. The van der Waals surface area contributed by atoms with E-state index in [2.05, 4.69) is 4.98 Å². The Bertz CT molecular complexity index is 843. The van der Waals surface area contributed by atoms with Crippen LogP contribution in [0.5, 0.6) is 11.6 Å². The molecule has 9 heteroatoms. The molecule has 1 fully saturated rings. The van der Waals surface area contributed by atoms with Gasteiger partial charge in [-0.15, -0.1) is 0 Å². The van der Waals surface area contributed by atoms with E-state index in [9.17, 15) is 22.8 Å². The van der Waals surface area contributed by atoms with Gasteiger partial charge in [0, 0.05) is 36.8 Å². The Morgan fingerprint density at radius 3 is 2.21 bits per heavy atom. The van der Waals surface area contributed by atoms with Crippen LogP contribution in [-0.4, -0.2) is 34.8 Å². The minimum absolute atomic E-state index is 0.0144. The SMILES string of the molecule is NC(=O)C1CCN(C(=O)c2ccc(Oc3ccc(C(F)(F)F)cn3)cc2)CC1. The van der Waals surface area contributed by atoms with Gasteiger partial charge in [0.05, 0.1) is 5.56 Å². The molecule has 2 N–H and O–H groups in total. The molecule has 2 heterocycles. The molecule has 1 saturated heterocycles. The Morgan fingerprint density at radius 2 is 1.71 bits per heavy atom. The number of piperidine rings is 1. The summed E-state index contributed by atoms with van der Waals surface area (Å²) in [5, 5.41) is 0. The fourth-order valence-corrected chi connectivity index (χ4v) is 2.94. The Balaban J connectivity index is 1.60. The van der Waals surface area contributed by atoms with Crippen LogP contribution in [0.2, 0.25) is 0 Å². The number of amides is 2. The minimum atomic E-state index is -4.46. The fraction of sp³-hybridized carbons (Fsp3) is 0.316. The van der Waals surface area contributed by atoms with Crippen molar-refractivity contribution in [2.45, 2.75) is 19.0 Å². The summed E-state index contributed by atoms with van der Waals surface area (Å²) >= 11 is 0. The fourth-order valence-electron chi connectivity index (χ4n) is 2.94. The average molecular weight is 393 g/mol. The number of pyridine rings is 1. The normalized spacial score (nSPS) is 15.3. The van der Waals surface area contributed by atoms with Gasteiger partial charge in [-0.25, -0.2) is 4.98 Å². The van der Waals surface area contributed by atoms with Crippen molar-refractivity contribution in [1.82, 2.24) is 9.88 Å². The number of hydrogen-bond acceptors (Lipinski definition) is 4. The number of hydrogen-bond donors (Lipinski definition) is 1. The Hall–Kier alpha value is -3.10. The molecule has 2 aromatic rings. The molecule has 2 amide bonds. The number of primary amides is 1. The monoisotopic (exact) mass is 393 g/mol. The Morgan fingerprint density at radius 1 is 1.07 bits per heavy atom. The third kappa shape index (κ3) is 4.59. The number of likely N-dealkylation sites (tertiary alicyclic amines) is 1. The first kappa shape index (κ1) is 19.7. The highest BCUT2D eigenvalue weighted by molar-refractivity contribution is 5.94. The van der Waals surface area contributed by atoms with Gasteiger partial charge in [-0.05, 0) is 43.2 Å². The van der Waals surface area contributed by atoms with Gasteiger partial charge in [0.15, 0.2) is 0 Å². The number of alkyl halides is 3. The van der Waals surface area contributed by atoms with Crippen LogP contribution in [0.4, 0.5) is 13.2 Å². The lowest BCUT2D eigenvalue weighted by Crippen LogP contribution is -2.41. The first-order valence-electron chi connectivity index (χ1n) is 8.64. The van der Waals surface area contributed by atoms with E-state index in [1.807, 2.05) is 0 Å². The Labute approximate surface area is 159 Å². The molecule has 148 valence electrons. The topological polar surface area (TPSA) is 85.5 Å². The highest BCUT2D eigenvalue weighted by Gasteiger charge is 2.30. The molecule has 1 aliphatic rings. The van der Waals surface area contributed by atoms with Gasteiger partial charge in [-0.2, -0.15) is 13.2 Å². The highest BCUT2D eigenvalue weighted by atomic mass is 19.4. The standard InChI is InChI=1S/C19H18F3N3O3/c20-19(21,22)14-3-6-16(24-11-14)28-15-4-1-13(2-5-15)18(27)25-9-7-12(8-10-25)17(23)26/h1-6,11-12H,7-10H2,(H2,23,26). The minimum Gasteiger partial charge on any atom is -0.439 e. The lowest BCUT2D eigenvalue weighted by atomic mass is 9.96. The molecule has 0 bridgehead atoms. The van der Waals surface area contributed by atoms with E-state index in [0.717, 1.165) is 12.1 Å². The number of nitrogens with zero attached hydrogens (tertiary/aromatic N) is 2. The zero-order valence-corrected chi connectivity index (χ0v) is 14.8. The summed E-state index contributed by atoms with van der Waals surface area (Å²) in [7, 11) is 0. The van der Waals surface area contributed by atoms with Crippen LogP contribution >= 0.6 is 0 Å². The summed E-state index contributed by atoms with van der Waals surface area (Å²) in [5.41, 5.74) is 4.88. The molecule has 0 aliphatic carbocycles. The first-order valence-corrected chi connectivity index (χ1v) is 8.64. The molecule has 1 aliphatic heterocycles. The van der Waals surface area contributed by atoms with Crippen molar-refractivity contribution in [3.05, 3.63) is 53.7 Å². The molecular formula is C19H18F3N3O3. The molecule has 1 aromatic carbocycles. The van der Waals surface area contributed by atoms with Crippen LogP contribution in [0.25, 0.3) is 0 Å². The third-order valence-corrected chi connectivity index (χ3v) is 4.57. The molecule has 0 radical (unpaired) electrons. The summed E-state index contributed by atoms with van der Waals surface area (Å²) < 4.78 is 43.0. The first-order chi connectivity index (χ1) is 13.2. The number of nitrogens with two attached hydrogens (primary N) is 1. The highest BCUT2D eigenvalue weighted by Crippen LogP contribution is 2.30. The van der Waals surface area contributed by atoms with E-state index in [0.29, 0.717) is 43.4 Å². The third-order valence-electron chi connectivity index (χ3n) is 4.57. The van der Waals surface area contributed by atoms with Gasteiger partial charge in [-0.3, -0.25) is 9.59 Å². The number of carbonyl (C=O) groups excluding carboxylic acids is 2. The maximum atomic E-state index is 12.5. The van der Waals surface area contributed by atoms with Crippen molar-refractivity contribution in [3.8, 4) is 11.6 Å². The van der Waals surface area contributed by atoms with E-state index in [4.69, 9.17) is 10.5 Å². The van der Waals surface area contributed by atoms with E-state index in [-0.39, 0.29) is 23.6 Å². The summed E-state index contributed by atoms with van der Waals surface area (Å²) in [4.78, 5) is 29.0. The molecular weight excluding hydrogens is 375 g/mol. The predicted molar refractivity (Wildman–Crippen MR) is 93.6 cm³/mol. The lowest BCUT2D eigenvalue weighted by molar-refractivity contribution is -0.137. The lowest BCUT2D eigenvalue weighted by Gasteiger charge is -2.30. The molecule has 28 heavy (non-hydrogen) atoms. The van der Waals surface area contributed by atoms with Crippen LogP contribution < -0.4 is 10.5 Å². The van der Waals surface area contributed by atoms with Crippen molar-refractivity contribution in [2.24, 2.45) is 11.7 Å². The van der Waals surface area contributed by atoms with E-state index < -0.39 is 11.7 Å². The maximum Gasteiger partial charge on any atom is 0.417 e. The van der Waals surface area contributed by atoms with Crippen LogP contribution in [0, 0.1) is 5.92 Å². The second-order valence-corrected chi connectivity index (χ2v) is 6.48. The number of rotatable bonds is 4. The summed E-state index contributed by atoms with van der Waals surface area (Å²) in [6.07, 6.45) is -2.67. The van der Waals surface area contributed by atoms with Gasteiger partial charge < -0.3 is 15.4 Å². The molecule has 0 unspecified atom stereocenters. The van der Waals surface area contributed by atoms with Crippen LogP contribution in [0.1, 0.15) is 28.8 Å². The summed E-state index contributed by atoms with van der Waals surface area (Å²) in [5.74, 6) is -0.347.